The lowest BCUT2D eigenvalue weighted by Gasteiger charge is -2.18. The zero-order valence-electron chi connectivity index (χ0n) is 10.7. The third-order valence-electron chi connectivity index (χ3n) is 3.66. The van der Waals surface area contributed by atoms with Crippen molar-refractivity contribution in [1.29, 1.82) is 0 Å². The van der Waals surface area contributed by atoms with Gasteiger partial charge in [-0.15, -0.1) is 10.2 Å². The van der Waals surface area contributed by atoms with Gasteiger partial charge in [0.25, 0.3) is 0 Å². The minimum atomic E-state index is 0.483. The van der Waals surface area contributed by atoms with Crippen LogP contribution in [0.2, 0.25) is 0 Å². The Morgan fingerprint density at radius 2 is 2.25 bits per heavy atom. The fraction of sp³-hybridized carbons (Fsp3) is 0.833. The van der Waals surface area contributed by atoms with Gasteiger partial charge in [0.15, 0.2) is 0 Å². The van der Waals surface area contributed by atoms with Crippen LogP contribution in [-0.2, 0) is 13.6 Å². The predicted octanol–water partition coefficient (Wildman–Crippen LogP) is 1.73. The Bertz CT molecular complexity index is 356. The van der Waals surface area contributed by atoms with Gasteiger partial charge in [-0.05, 0) is 24.2 Å². The normalized spacial score (nSPS) is 28.5. The Morgan fingerprint density at radius 3 is 2.75 bits per heavy atom. The summed E-state index contributed by atoms with van der Waals surface area (Å²) in [4.78, 5) is 0. The summed E-state index contributed by atoms with van der Waals surface area (Å²) in [6.45, 7) is 7.87. The molecule has 1 aliphatic carbocycles. The average Bonchev–Trinajstić information content (AvgIpc) is 2.67. The second-order valence-corrected chi connectivity index (χ2v) is 5.90. The van der Waals surface area contributed by atoms with Crippen molar-refractivity contribution in [3.05, 3.63) is 12.2 Å². The molecule has 0 saturated heterocycles. The van der Waals surface area contributed by atoms with E-state index in [2.05, 4.69) is 36.3 Å². The van der Waals surface area contributed by atoms with Crippen LogP contribution in [0.1, 0.15) is 39.4 Å². The molecular weight excluding hydrogens is 200 g/mol. The van der Waals surface area contributed by atoms with Crippen LogP contribution in [0.4, 0.5) is 0 Å². The topological polar surface area (TPSA) is 42.7 Å². The molecule has 0 amide bonds. The van der Waals surface area contributed by atoms with Crippen LogP contribution in [-0.4, -0.2) is 20.8 Å². The number of aromatic nitrogens is 3. The molecule has 1 aromatic heterocycles. The van der Waals surface area contributed by atoms with E-state index in [0.717, 1.165) is 18.3 Å². The Labute approximate surface area is 97.5 Å². The Balaban J connectivity index is 1.90. The second-order valence-electron chi connectivity index (χ2n) is 5.90. The van der Waals surface area contributed by atoms with Crippen molar-refractivity contribution in [3.63, 3.8) is 0 Å². The highest BCUT2D eigenvalue weighted by molar-refractivity contribution is 4.93. The van der Waals surface area contributed by atoms with E-state index < -0.39 is 0 Å². The Kier molecular flexibility index (Phi) is 3.02. The molecule has 0 spiro atoms. The number of hydrogen-bond donors (Lipinski definition) is 1. The number of hydrogen-bond acceptors (Lipinski definition) is 3. The third kappa shape index (κ3) is 2.43. The van der Waals surface area contributed by atoms with Crippen LogP contribution in [0.25, 0.3) is 0 Å². The fourth-order valence-electron chi connectivity index (χ4n) is 2.86. The van der Waals surface area contributed by atoms with E-state index in [1.54, 1.807) is 6.33 Å². The minimum Gasteiger partial charge on any atom is -0.320 e. The van der Waals surface area contributed by atoms with E-state index >= 15 is 0 Å². The van der Waals surface area contributed by atoms with E-state index in [1.165, 1.54) is 12.8 Å². The summed E-state index contributed by atoms with van der Waals surface area (Å²) in [5, 5.41) is 11.6. The van der Waals surface area contributed by atoms with E-state index in [-0.39, 0.29) is 0 Å². The van der Waals surface area contributed by atoms with Gasteiger partial charge in [-0.1, -0.05) is 20.8 Å². The third-order valence-corrected chi connectivity index (χ3v) is 3.66. The van der Waals surface area contributed by atoms with Crippen molar-refractivity contribution in [2.75, 3.05) is 0 Å². The van der Waals surface area contributed by atoms with Crippen LogP contribution in [0.5, 0.6) is 0 Å². The van der Waals surface area contributed by atoms with Gasteiger partial charge in [-0.25, -0.2) is 0 Å². The molecule has 4 nitrogen and oxygen atoms in total. The first kappa shape index (κ1) is 11.6. The summed E-state index contributed by atoms with van der Waals surface area (Å²) in [5.41, 5.74) is 0.483. The monoisotopic (exact) mass is 222 g/mol. The molecular formula is C12H22N4. The van der Waals surface area contributed by atoms with Crippen molar-refractivity contribution in [2.24, 2.45) is 18.4 Å². The van der Waals surface area contributed by atoms with Gasteiger partial charge in [0.2, 0.25) is 0 Å². The maximum absolute atomic E-state index is 4.09. The van der Waals surface area contributed by atoms with Gasteiger partial charge >= 0.3 is 0 Å². The first-order valence-corrected chi connectivity index (χ1v) is 6.04. The molecule has 0 radical (unpaired) electrons. The van der Waals surface area contributed by atoms with Crippen molar-refractivity contribution in [3.8, 4) is 0 Å². The van der Waals surface area contributed by atoms with Crippen LogP contribution in [0.3, 0.4) is 0 Å². The predicted molar refractivity (Wildman–Crippen MR) is 63.8 cm³/mol. The second kappa shape index (κ2) is 4.17. The zero-order chi connectivity index (χ0) is 11.8. The molecule has 1 fully saturated rings. The Morgan fingerprint density at radius 1 is 1.50 bits per heavy atom. The lowest BCUT2D eigenvalue weighted by Crippen LogP contribution is -2.32. The molecule has 0 bridgehead atoms. The highest BCUT2D eigenvalue weighted by Crippen LogP contribution is 2.40. The molecule has 16 heavy (non-hydrogen) atoms. The standard InChI is InChI=1S/C12H22N4/c1-9-5-12(2,3)6-10(9)13-7-11-15-14-8-16(11)4/h8-10,13H,5-7H2,1-4H3. The summed E-state index contributed by atoms with van der Waals surface area (Å²) >= 11 is 0. The summed E-state index contributed by atoms with van der Waals surface area (Å²) in [5.74, 6) is 1.76. The van der Waals surface area contributed by atoms with E-state index in [1.807, 2.05) is 11.6 Å². The molecule has 1 heterocycles. The summed E-state index contributed by atoms with van der Waals surface area (Å²) in [7, 11) is 1.99. The highest BCUT2D eigenvalue weighted by Gasteiger charge is 2.36. The lowest BCUT2D eigenvalue weighted by molar-refractivity contribution is 0.361. The van der Waals surface area contributed by atoms with E-state index in [4.69, 9.17) is 0 Å². The van der Waals surface area contributed by atoms with Gasteiger partial charge in [0.05, 0.1) is 6.54 Å². The molecule has 2 rings (SSSR count). The molecule has 1 aliphatic rings. The Hall–Kier alpha value is -0.900. The molecule has 4 heteroatoms. The number of rotatable bonds is 3. The van der Waals surface area contributed by atoms with Gasteiger partial charge < -0.3 is 9.88 Å². The van der Waals surface area contributed by atoms with Crippen LogP contribution < -0.4 is 5.32 Å². The first-order valence-electron chi connectivity index (χ1n) is 6.04. The van der Waals surface area contributed by atoms with Gasteiger partial charge in [0, 0.05) is 13.1 Å². The highest BCUT2D eigenvalue weighted by atomic mass is 15.3. The number of nitrogens with one attached hydrogen (secondary N) is 1. The van der Waals surface area contributed by atoms with E-state index in [9.17, 15) is 0 Å². The zero-order valence-corrected chi connectivity index (χ0v) is 10.7. The number of aryl methyl sites for hydroxylation is 1. The van der Waals surface area contributed by atoms with Crippen LogP contribution in [0, 0.1) is 11.3 Å². The number of nitrogens with zero attached hydrogens (tertiary/aromatic N) is 3. The van der Waals surface area contributed by atoms with Crippen LogP contribution >= 0.6 is 0 Å². The molecule has 2 unspecified atom stereocenters. The molecule has 1 saturated carbocycles. The molecule has 1 aromatic rings. The van der Waals surface area contributed by atoms with Crippen molar-refractivity contribution in [2.45, 2.75) is 46.2 Å². The molecule has 0 aliphatic heterocycles. The molecule has 2 atom stereocenters. The maximum atomic E-state index is 4.09. The van der Waals surface area contributed by atoms with Crippen LogP contribution in [0.15, 0.2) is 6.33 Å². The summed E-state index contributed by atoms with van der Waals surface area (Å²) in [6.07, 6.45) is 4.31. The van der Waals surface area contributed by atoms with Gasteiger partial charge in [0.1, 0.15) is 12.2 Å². The molecule has 1 N–H and O–H groups in total. The molecule has 90 valence electrons. The fourth-order valence-corrected chi connectivity index (χ4v) is 2.86. The van der Waals surface area contributed by atoms with Crippen molar-refractivity contribution in [1.82, 2.24) is 20.1 Å². The summed E-state index contributed by atoms with van der Waals surface area (Å²) in [6, 6.07) is 0.617. The maximum Gasteiger partial charge on any atom is 0.146 e. The van der Waals surface area contributed by atoms with Gasteiger partial charge in [-0.2, -0.15) is 0 Å². The van der Waals surface area contributed by atoms with Crippen molar-refractivity contribution >= 4 is 0 Å². The quantitative estimate of drug-likeness (QED) is 0.847. The minimum absolute atomic E-state index is 0.483. The van der Waals surface area contributed by atoms with E-state index in [0.29, 0.717) is 11.5 Å². The SMILES string of the molecule is CC1CC(C)(C)CC1NCc1nncn1C. The average molecular weight is 222 g/mol. The largest absolute Gasteiger partial charge is 0.320 e. The first-order chi connectivity index (χ1) is 7.48. The van der Waals surface area contributed by atoms with Gasteiger partial charge in [-0.3, -0.25) is 0 Å². The smallest absolute Gasteiger partial charge is 0.146 e. The van der Waals surface area contributed by atoms with Crippen molar-refractivity contribution < 1.29 is 0 Å². The summed E-state index contributed by atoms with van der Waals surface area (Å²) < 4.78 is 1.97. The lowest BCUT2D eigenvalue weighted by atomic mass is 9.91. The molecule has 0 aromatic carbocycles.